The molecular formula is C28H26F2N4S. The summed E-state index contributed by atoms with van der Waals surface area (Å²) in [5, 5.41) is 5.61. The molecule has 1 aromatic heterocycles. The van der Waals surface area contributed by atoms with E-state index in [0.29, 0.717) is 11.7 Å². The van der Waals surface area contributed by atoms with Gasteiger partial charge >= 0.3 is 0 Å². The number of thiophene rings is 1. The number of aryl methyl sites for hydroxylation is 1. The molecule has 0 radical (unpaired) electrons. The molecule has 1 saturated heterocycles. The second kappa shape index (κ2) is 9.06. The lowest BCUT2D eigenvalue weighted by Gasteiger charge is -2.41. The third-order valence-electron chi connectivity index (χ3n) is 6.98. The summed E-state index contributed by atoms with van der Waals surface area (Å²) in [6.45, 7) is 2.59. The molecule has 0 aliphatic carbocycles. The molecule has 6 rings (SSSR count). The number of hydrogen-bond acceptors (Lipinski definition) is 5. The van der Waals surface area contributed by atoms with Gasteiger partial charge in [-0.05, 0) is 61.9 Å². The van der Waals surface area contributed by atoms with Crippen molar-refractivity contribution in [2.45, 2.75) is 18.9 Å². The quantitative estimate of drug-likeness (QED) is 0.354. The van der Waals surface area contributed by atoms with Crippen LogP contribution in [0.25, 0.3) is 10.1 Å². The molecule has 0 spiro atoms. The number of rotatable bonds is 3. The van der Waals surface area contributed by atoms with Crippen LogP contribution in [0.1, 0.15) is 17.5 Å². The van der Waals surface area contributed by atoms with Crippen LogP contribution in [-0.4, -0.2) is 48.4 Å². The second-order valence-electron chi connectivity index (χ2n) is 9.27. The van der Waals surface area contributed by atoms with Crippen LogP contribution in [-0.2, 0) is 6.42 Å². The Morgan fingerprint density at radius 2 is 1.86 bits per heavy atom. The van der Waals surface area contributed by atoms with Crippen LogP contribution in [0.3, 0.4) is 0 Å². The maximum absolute atomic E-state index is 14.1. The molecule has 35 heavy (non-hydrogen) atoms. The smallest absolute Gasteiger partial charge is 0.140 e. The lowest BCUT2D eigenvalue weighted by Crippen LogP contribution is -2.53. The highest BCUT2D eigenvalue weighted by Crippen LogP contribution is 2.43. The fourth-order valence-corrected chi connectivity index (χ4v) is 6.17. The van der Waals surface area contributed by atoms with Crippen molar-refractivity contribution in [2.24, 2.45) is 4.99 Å². The van der Waals surface area contributed by atoms with Gasteiger partial charge in [0.05, 0.1) is 16.9 Å². The summed E-state index contributed by atoms with van der Waals surface area (Å²) < 4.78 is 28.9. The number of halogens is 2. The van der Waals surface area contributed by atoms with E-state index in [2.05, 4.69) is 40.4 Å². The van der Waals surface area contributed by atoms with E-state index in [4.69, 9.17) is 4.99 Å². The minimum absolute atomic E-state index is 0.187. The normalized spacial score (nSPS) is 18.0. The van der Waals surface area contributed by atoms with Gasteiger partial charge < -0.3 is 10.2 Å². The molecule has 1 N–H and O–H groups in total. The third kappa shape index (κ3) is 4.30. The molecule has 1 fully saturated rings. The van der Waals surface area contributed by atoms with E-state index in [1.807, 2.05) is 12.1 Å². The van der Waals surface area contributed by atoms with Crippen LogP contribution < -0.4 is 5.32 Å². The number of amidine groups is 1. The van der Waals surface area contributed by atoms with Crippen molar-refractivity contribution >= 4 is 43.6 Å². The fraction of sp³-hybridized carbons (Fsp3) is 0.250. The molecule has 0 bridgehead atoms. The van der Waals surface area contributed by atoms with Crippen molar-refractivity contribution < 1.29 is 8.78 Å². The summed E-state index contributed by atoms with van der Waals surface area (Å²) in [4.78, 5) is 9.87. The number of aliphatic imine (C=N–C) groups is 1. The summed E-state index contributed by atoms with van der Waals surface area (Å²) in [6, 6.07) is 20.3. The van der Waals surface area contributed by atoms with E-state index in [9.17, 15) is 8.78 Å². The van der Waals surface area contributed by atoms with Gasteiger partial charge in [-0.3, -0.25) is 4.90 Å². The molecule has 7 heteroatoms. The topological polar surface area (TPSA) is 30.9 Å². The average molecular weight is 489 g/mol. The number of fused-ring (bicyclic) bond motifs is 4. The highest BCUT2D eigenvalue weighted by molar-refractivity contribution is 7.23. The van der Waals surface area contributed by atoms with Crippen molar-refractivity contribution in [2.75, 3.05) is 32.0 Å². The number of hydrogen-bond donors (Lipinski definition) is 1. The lowest BCUT2D eigenvalue weighted by atomic mass is 10.0. The van der Waals surface area contributed by atoms with E-state index >= 15 is 0 Å². The Hall–Kier alpha value is -3.29. The number of piperazine rings is 1. The molecular weight excluding hydrogens is 462 g/mol. The first kappa shape index (κ1) is 22.2. The second-order valence-corrected chi connectivity index (χ2v) is 10.3. The van der Waals surface area contributed by atoms with Crippen molar-refractivity contribution in [3.63, 3.8) is 0 Å². The number of nitrogens with one attached hydrogen (secondary N) is 1. The highest BCUT2D eigenvalue weighted by atomic mass is 32.1. The van der Waals surface area contributed by atoms with Crippen molar-refractivity contribution in [3.05, 3.63) is 89.5 Å². The van der Waals surface area contributed by atoms with Gasteiger partial charge in [-0.25, -0.2) is 13.8 Å². The Labute approximate surface area is 207 Å². The van der Waals surface area contributed by atoms with Crippen LogP contribution in [0.5, 0.6) is 0 Å². The van der Waals surface area contributed by atoms with E-state index in [-0.39, 0.29) is 11.6 Å². The van der Waals surface area contributed by atoms with Gasteiger partial charge in [0.15, 0.2) is 0 Å². The molecule has 1 unspecified atom stereocenters. The maximum atomic E-state index is 14.1. The summed E-state index contributed by atoms with van der Waals surface area (Å²) in [5.74, 6) is 0.460. The predicted octanol–water partition coefficient (Wildman–Crippen LogP) is 6.56. The van der Waals surface area contributed by atoms with Gasteiger partial charge in [0.25, 0.3) is 0 Å². The Morgan fingerprint density at radius 1 is 1.00 bits per heavy atom. The molecule has 0 saturated carbocycles. The largest absolute Gasteiger partial charge is 0.353 e. The first-order chi connectivity index (χ1) is 17.0. The summed E-state index contributed by atoms with van der Waals surface area (Å²) in [7, 11) is 2.16. The minimum Gasteiger partial charge on any atom is -0.353 e. The standard InChI is InChI=1S/C28H26F2N4S/c1-33-13-14-34(17-21(33)11-9-18-5-4-6-19(29)15-18)27-26-22-7-2-3-8-25(22)35-28(26)32-24-16-20(30)10-12-23(24)31-27/h2-8,10,12,15-16,21,32H,9,11,13-14,17H2,1H3. The molecule has 2 aliphatic heterocycles. The van der Waals surface area contributed by atoms with Crippen LogP contribution in [0.2, 0.25) is 0 Å². The van der Waals surface area contributed by atoms with Gasteiger partial charge in [0.2, 0.25) is 0 Å². The SMILES string of the molecule is CN1CCN(C2=Nc3ccc(F)cc3Nc3sc4ccccc4c32)CC1CCc1cccc(F)c1. The zero-order chi connectivity index (χ0) is 23.9. The molecule has 2 aliphatic rings. The number of nitrogens with zero attached hydrogens (tertiary/aromatic N) is 3. The van der Waals surface area contributed by atoms with Crippen molar-refractivity contribution in [1.82, 2.24) is 9.80 Å². The van der Waals surface area contributed by atoms with E-state index < -0.39 is 0 Å². The number of likely N-dealkylation sites (N-methyl/N-ethyl adjacent to an activating group) is 1. The van der Waals surface area contributed by atoms with Gasteiger partial charge in [0, 0.05) is 35.8 Å². The molecule has 1 atom stereocenters. The summed E-state index contributed by atoms with van der Waals surface area (Å²) in [6.07, 6.45) is 1.75. The molecule has 3 aromatic carbocycles. The summed E-state index contributed by atoms with van der Waals surface area (Å²) >= 11 is 1.67. The molecule has 4 aromatic rings. The van der Waals surface area contributed by atoms with Crippen LogP contribution in [0.15, 0.2) is 71.7 Å². The Bertz CT molecular complexity index is 1430. The van der Waals surface area contributed by atoms with Gasteiger partial charge in [-0.2, -0.15) is 0 Å². The Kier molecular flexibility index (Phi) is 5.74. The van der Waals surface area contributed by atoms with E-state index in [1.54, 1.807) is 29.5 Å². The van der Waals surface area contributed by atoms with E-state index in [0.717, 1.165) is 65.5 Å². The average Bonchev–Trinajstić information content (AvgIpc) is 3.13. The van der Waals surface area contributed by atoms with Crippen molar-refractivity contribution in [3.8, 4) is 0 Å². The molecule has 4 nitrogen and oxygen atoms in total. The van der Waals surface area contributed by atoms with Crippen molar-refractivity contribution in [1.29, 1.82) is 0 Å². The van der Waals surface area contributed by atoms with Crippen LogP contribution >= 0.6 is 11.3 Å². The molecule has 3 heterocycles. The van der Waals surface area contributed by atoms with Crippen LogP contribution in [0, 0.1) is 11.6 Å². The number of anilines is 2. The fourth-order valence-electron chi connectivity index (χ4n) is 5.06. The predicted molar refractivity (Wildman–Crippen MR) is 140 cm³/mol. The number of benzene rings is 3. The van der Waals surface area contributed by atoms with Crippen LogP contribution in [0.4, 0.5) is 25.2 Å². The summed E-state index contributed by atoms with van der Waals surface area (Å²) in [5.41, 5.74) is 3.53. The Morgan fingerprint density at radius 3 is 2.74 bits per heavy atom. The Balaban J connectivity index is 1.36. The first-order valence-electron chi connectivity index (χ1n) is 11.9. The maximum Gasteiger partial charge on any atom is 0.140 e. The highest BCUT2D eigenvalue weighted by Gasteiger charge is 2.31. The van der Waals surface area contributed by atoms with Gasteiger partial charge in [-0.15, -0.1) is 11.3 Å². The third-order valence-corrected chi connectivity index (χ3v) is 8.07. The van der Waals surface area contributed by atoms with Gasteiger partial charge in [-0.1, -0.05) is 30.3 Å². The zero-order valence-corrected chi connectivity index (χ0v) is 20.3. The minimum atomic E-state index is -0.283. The zero-order valence-electron chi connectivity index (χ0n) is 19.5. The first-order valence-corrected chi connectivity index (χ1v) is 12.7. The van der Waals surface area contributed by atoms with E-state index in [1.165, 1.54) is 22.9 Å². The van der Waals surface area contributed by atoms with Gasteiger partial charge in [0.1, 0.15) is 22.5 Å². The monoisotopic (exact) mass is 488 g/mol. The molecule has 0 amide bonds. The lowest BCUT2D eigenvalue weighted by molar-refractivity contribution is 0.134. The molecule has 178 valence electrons.